The van der Waals surface area contributed by atoms with Gasteiger partial charge in [-0.15, -0.1) is 0 Å². The van der Waals surface area contributed by atoms with Crippen molar-refractivity contribution in [1.82, 2.24) is 10.3 Å². The average molecular weight is 368 g/mol. The Morgan fingerprint density at radius 2 is 1.88 bits per heavy atom. The molecule has 1 heterocycles. The van der Waals surface area contributed by atoms with E-state index in [0.717, 1.165) is 18.9 Å². The number of hydrogen-bond donors (Lipinski definition) is 2. The molecule has 140 valence electrons. The monoisotopic (exact) mass is 368 g/mol. The molecule has 3 saturated carbocycles. The van der Waals surface area contributed by atoms with Crippen LogP contribution in [-0.2, 0) is 11.0 Å². The number of amides is 1. The minimum atomic E-state index is -4.60. The summed E-state index contributed by atoms with van der Waals surface area (Å²) in [4.78, 5) is 27.3. The fourth-order valence-corrected chi connectivity index (χ4v) is 4.26. The summed E-state index contributed by atoms with van der Waals surface area (Å²) in [6.45, 7) is 0. The number of carbonyl (C=O) groups excluding carboxylic acids is 1. The van der Waals surface area contributed by atoms with Crippen LogP contribution in [0.25, 0.3) is 0 Å². The van der Waals surface area contributed by atoms with E-state index in [4.69, 9.17) is 5.11 Å². The molecule has 0 spiro atoms. The van der Waals surface area contributed by atoms with Crippen molar-refractivity contribution in [3.8, 4) is 0 Å². The van der Waals surface area contributed by atoms with Crippen LogP contribution in [0.2, 0.25) is 0 Å². The SMILES string of the molecule is O=C(NC1CC2CC(C(=O)O)CC21)c1cc(C2CC2)nc(C(F)(F)F)c1. The predicted octanol–water partition coefficient (Wildman–Crippen LogP) is 3.21. The van der Waals surface area contributed by atoms with Gasteiger partial charge in [0.2, 0.25) is 0 Å². The highest BCUT2D eigenvalue weighted by molar-refractivity contribution is 5.94. The summed E-state index contributed by atoms with van der Waals surface area (Å²) < 4.78 is 39.2. The standard InChI is InChI=1S/C18H19F3N2O3/c19-18(20,21)15-7-10(6-13(22-15)8-1-2-8)16(24)23-14-5-9-3-11(17(25)26)4-12(9)14/h6-9,11-12,14H,1-5H2,(H,23,24)(H,25,26). The molecular formula is C18H19F3N2O3. The molecule has 3 aliphatic rings. The lowest BCUT2D eigenvalue weighted by molar-refractivity contribution is -0.142. The van der Waals surface area contributed by atoms with E-state index in [2.05, 4.69) is 10.3 Å². The van der Waals surface area contributed by atoms with Gasteiger partial charge in [-0.2, -0.15) is 13.2 Å². The first-order valence-electron chi connectivity index (χ1n) is 8.85. The maximum atomic E-state index is 13.1. The number of hydrogen-bond acceptors (Lipinski definition) is 3. The summed E-state index contributed by atoms with van der Waals surface area (Å²) in [5, 5.41) is 11.9. The number of carboxylic acids is 1. The zero-order valence-corrected chi connectivity index (χ0v) is 13.9. The van der Waals surface area contributed by atoms with Gasteiger partial charge >= 0.3 is 12.1 Å². The molecule has 0 radical (unpaired) electrons. The highest BCUT2D eigenvalue weighted by atomic mass is 19.4. The lowest BCUT2D eigenvalue weighted by Gasteiger charge is -2.40. The zero-order chi connectivity index (χ0) is 18.6. The third kappa shape index (κ3) is 3.17. The van der Waals surface area contributed by atoms with E-state index < -0.39 is 23.7 Å². The fraction of sp³-hybridized carbons (Fsp3) is 0.611. The van der Waals surface area contributed by atoms with Gasteiger partial charge in [-0.25, -0.2) is 4.98 Å². The van der Waals surface area contributed by atoms with Crippen molar-refractivity contribution in [1.29, 1.82) is 0 Å². The molecule has 0 saturated heterocycles. The van der Waals surface area contributed by atoms with Crippen molar-refractivity contribution in [2.24, 2.45) is 17.8 Å². The molecule has 4 atom stereocenters. The number of alkyl halides is 3. The third-order valence-electron chi connectivity index (χ3n) is 5.88. The first kappa shape index (κ1) is 17.3. The Hall–Kier alpha value is -2.12. The van der Waals surface area contributed by atoms with Crippen molar-refractivity contribution >= 4 is 11.9 Å². The van der Waals surface area contributed by atoms with Gasteiger partial charge in [0, 0.05) is 23.2 Å². The molecule has 3 fully saturated rings. The van der Waals surface area contributed by atoms with Crippen LogP contribution in [-0.4, -0.2) is 28.0 Å². The third-order valence-corrected chi connectivity index (χ3v) is 5.88. The second kappa shape index (κ2) is 5.96. The molecule has 8 heteroatoms. The molecule has 4 unspecified atom stereocenters. The highest BCUT2D eigenvalue weighted by Crippen LogP contribution is 2.50. The molecule has 5 nitrogen and oxygen atoms in total. The first-order chi connectivity index (χ1) is 12.2. The molecule has 1 aromatic heterocycles. The molecule has 1 aromatic rings. The van der Waals surface area contributed by atoms with Gasteiger partial charge in [-0.3, -0.25) is 9.59 Å². The van der Waals surface area contributed by atoms with E-state index in [1.807, 2.05) is 0 Å². The van der Waals surface area contributed by atoms with Crippen LogP contribution in [0.1, 0.15) is 59.8 Å². The largest absolute Gasteiger partial charge is 0.481 e. The summed E-state index contributed by atoms with van der Waals surface area (Å²) in [6.07, 6.45) is -1.20. The minimum Gasteiger partial charge on any atom is -0.481 e. The maximum Gasteiger partial charge on any atom is 0.433 e. The summed E-state index contributed by atoms with van der Waals surface area (Å²) in [5.74, 6) is -1.35. The highest BCUT2D eigenvalue weighted by Gasteiger charge is 2.50. The summed E-state index contributed by atoms with van der Waals surface area (Å²) in [7, 11) is 0. The Morgan fingerprint density at radius 1 is 1.15 bits per heavy atom. The van der Waals surface area contributed by atoms with Gasteiger partial charge in [0.1, 0.15) is 5.69 Å². The van der Waals surface area contributed by atoms with Gasteiger partial charge in [-0.05, 0) is 56.1 Å². The Kier molecular flexibility index (Phi) is 3.96. The number of nitrogens with zero attached hydrogens (tertiary/aromatic N) is 1. The van der Waals surface area contributed by atoms with Crippen molar-refractivity contribution in [3.05, 3.63) is 29.1 Å². The van der Waals surface area contributed by atoms with Crippen LogP contribution in [0.4, 0.5) is 13.2 Å². The maximum absolute atomic E-state index is 13.1. The summed E-state index contributed by atoms with van der Waals surface area (Å²) in [5.41, 5.74) is -0.737. The fourth-order valence-electron chi connectivity index (χ4n) is 4.26. The number of fused-ring (bicyclic) bond motifs is 1. The molecule has 0 aliphatic heterocycles. The molecular weight excluding hydrogens is 349 g/mol. The van der Waals surface area contributed by atoms with Gasteiger partial charge < -0.3 is 10.4 Å². The normalized spacial score (nSPS) is 30.4. The predicted molar refractivity (Wildman–Crippen MR) is 84.4 cm³/mol. The zero-order valence-electron chi connectivity index (χ0n) is 13.9. The second-order valence-corrected chi connectivity index (χ2v) is 7.68. The molecule has 0 bridgehead atoms. The van der Waals surface area contributed by atoms with E-state index in [9.17, 15) is 22.8 Å². The van der Waals surface area contributed by atoms with Crippen LogP contribution in [0.15, 0.2) is 12.1 Å². The smallest absolute Gasteiger partial charge is 0.433 e. The van der Waals surface area contributed by atoms with Crippen LogP contribution in [0.5, 0.6) is 0 Å². The number of nitrogens with one attached hydrogen (secondary N) is 1. The number of carbonyl (C=O) groups is 2. The molecule has 2 N–H and O–H groups in total. The van der Waals surface area contributed by atoms with Crippen LogP contribution < -0.4 is 5.32 Å². The topological polar surface area (TPSA) is 79.3 Å². The molecule has 4 rings (SSSR count). The van der Waals surface area contributed by atoms with E-state index in [-0.39, 0.29) is 35.3 Å². The quantitative estimate of drug-likeness (QED) is 0.855. The van der Waals surface area contributed by atoms with Crippen molar-refractivity contribution in [2.45, 2.75) is 50.2 Å². The minimum absolute atomic E-state index is 0.00286. The van der Waals surface area contributed by atoms with Crippen molar-refractivity contribution < 1.29 is 27.9 Å². The van der Waals surface area contributed by atoms with Crippen molar-refractivity contribution in [2.75, 3.05) is 0 Å². The van der Waals surface area contributed by atoms with Gasteiger partial charge in [-0.1, -0.05) is 0 Å². The van der Waals surface area contributed by atoms with Crippen LogP contribution in [0.3, 0.4) is 0 Å². The average Bonchev–Trinajstić information content (AvgIpc) is 3.34. The van der Waals surface area contributed by atoms with E-state index in [1.54, 1.807) is 0 Å². The van der Waals surface area contributed by atoms with Gasteiger partial charge in [0.25, 0.3) is 5.91 Å². The molecule has 0 aromatic carbocycles. The Labute approximate surface area is 148 Å². The number of rotatable bonds is 4. The van der Waals surface area contributed by atoms with E-state index in [0.29, 0.717) is 25.0 Å². The molecule has 3 aliphatic carbocycles. The Balaban J connectivity index is 1.49. The summed E-state index contributed by atoms with van der Waals surface area (Å²) in [6, 6.07) is 2.09. The lowest BCUT2D eigenvalue weighted by Crippen LogP contribution is -2.50. The summed E-state index contributed by atoms with van der Waals surface area (Å²) >= 11 is 0. The lowest BCUT2D eigenvalue weighted by atomic mass is 9.71. The van der Waals surface area contributed by atoms with Crippen LogP contribution in [0, 0.1) is 17.8 Å². The number of pyridine rings is 1. The Bertz CT molecular complexity index is 761. The number of carboxylic acid groups (broad SMARTS) is 1. The Morgan fingerprint density at radius 3 is 2.50 bits per heavy atom. The van der Waals surface area contributed by atoms with Gasteiger partial charge in [0.15, 0.2) is 0 Å². The van der Waals surface area contributed by atoms with E-state index >= 15 is 0 Å². The second-order valence-electron chi connectivity index (χ2n) is 7.68. The van der Waals surface area contributed by atoms with E-state index in [1.165, 1.54) is 6.07 Å². The molecule has 26 heavy (non-hydrogen) atoms. The molecule has 1 amide bonds. The van der Waals surface area contributed by atoms with Gasteiger partial charge in [0.05, 0.1) is 5.92 Å². The first-order valence-corrected chi connectivity index (χ1v) is 8.85. The van der Waals surface area contributed by atoms with Crippen LogP contribution >= 0.6 is 0 Å². The number of aromatic nitrogens is 1. The number of aliphatic carboxylic acids is 1. The van der Waals surface area contributed by atoms with Crippen molar-refractivity contribution in [3.63, 3.8) is 0 Å². The number of halogens is 3.